The van der Waals surface area contributed by atoms with Crippen molar-refractivity contribution in [3.63, 3.8) is 0 Å². The second kappa shape index (κ2) is 3.15. The first kappa shape index (κ1) is 8.20. The van der Waals surface area contributed by atoms with Crippen LogP contribution in [0.1, 0.15) is 11.3 Å². The molecule has 1 aromatic carbocycles. The first-order chi connectivity index (χ1) is 6.31. The molecule has 0 unspecified atom stereocenters. The fourth-order valence-electron chi connectivity index (χ4n) is 1.49. The van der Waals surface area contributed by atoms with Crippen LogP contribution in [-0.2, 0) is 6.54 Å². The molecule has 0 saturated heterocycles. The maximum absolute atomic E-state index is 5.57. The summed E-state index contributed by atoms with van der Waals surface area (Å²) in [6.07, 6.45) is 1.83. The van der Waals surface area contributed by atoms with Gasteiger partial charge in [-0.25, -0.2) is 0 Å². The van der Waals surface area contributed by atoms with Crippen molar-refractivity contribution in [1.29, 1.82) is 0 Å². The molecule has 0 aliphatic heterocycles. The molecular weight excluding hydrogens is 160 g/mol. The van der Waals surface area contributed by atoms with Crippen LogP contribution < -0.4 is 5.73 Å². The Morgan fingerprint density at radius 2 is 2.15 bits per heavy atom. The molecule has 0 amide bonds. The Hall–Kier alpha value is -1.41. The zero-order valence-corrected chi connectivity index (χ0v) is 7.62. The lowest BCUT2D eigenvalue weighted by molar-refractivity contribution is 1.07. The Morgan fingerprint density at radius 3 is 2.92 bits per heavy atom. The van der Waals surface area contributed by atoms with Crippen molar-refractivity contribution in [3.8, 4) is 0 Å². The first-order valence-corrected chi connectivity index (χ1v) is 4.35. The van der Waals surface area contributed by atoms with Crippen LogP contribution in [0.4, 0.5) is 0 Å². The predicted molar refractivity (Wildman–Crippen MR) is 54.4 cm³/mol. The van der Waals surface area contributed by atoms with Gasteiger partial charge >= 0.3 is 0 Å². The van der Waals surface area contributed by atoms with Crippen LogP contribution in [0.5, 0.6) is 0 Å². The van der Waals surface area contributed by atoms with Crippen LogP contribution in [0.25, 0.3) is 10.8 Å². The topological polar surface area (TPSA) is 38.9 Å². The van der Waals surface area contributed by atoms with Gasteiger partial charge in [-0.1, -0.05) is 12.1 Å². The number of hydrogen-bond acceptors (Lipinski definition) is 2. The Kier molecular flexibility index (Phi) is 1.99. The minimum absolute atomic E-state index is 0.588. The SMILES string of the molecule is Cc1nccc2ccc(CN)cc12. The molecule has 2 heteroatoms. The lowest BCUT2D eigenvalue weighted by atomic mass is 10.1. The lowest BCUT2D eigenvalue weighted by Gasteiger charge is -2.02. The first-order valence-electron chi connectivity index (χ1n) is 4.35. The highest BCUT2D eigenvalue weighted by Gasteiger charge is 1.98. The highest BCUT2D eigenvalue weighted by Crippen LogP contribution is 2.17. The number of aryl methyl sites for hydroxylation is 1. The molecule has 2 rings (SSSR count). The Bertz CT molecular complexity index is 435. The molecule has 1 heterocycles. The molecule has 0 spiro atoms. The minimum atomic E-state index is 0.588. The number of fused-ring (bicyclic) bond motifs is 1. The van der Waals surface area contributed by atoms with Crippen LogP contribution in [-0.4, -0.2) is 4.98 Å². The Balaban J connectivity index is 2.74. The van der Waals surface area contributed by atoms with E-state index in [1.807, 2.05) is 19.2 Å². The molecule has 0 aliphatic carbocycles. The fourth-order valence-corrected chi connectivity index (χ4v) is 1.49. The lowest BCUT2D eigenvalue weighted by Crippen LogP contribution is -1.96. The molecule has 2 nitrogen and oxygen atoms in total. The summed E-state index contributed by atoms with van der Waals surface area (Å²) < 4.78 is 0. The predicted octanol–water partition coefficient (Wildman–Crippen LogP) is 2.00. The average Bonchev–Trinajstić information content (AvgIpc) is 2.18. The number of rotatable bonds is 1. The third-order valence-electron chi connectivity index (χ3n) is 2.27. The van der Waals surface area contributed by atoms with Crippen molar-refractivity contribution >= 4 is 10.8 Å². The van der Waals surface area contributed by atoms with Crippen molar-refractivity contribution < 1.29 is 0 Å². The third kappa shape index (κ3) is 1.40. The molecule has 0 atom stereocenters. The van der Waals surface area contributed by atoms with Gasteiger partial charge in [0.05, 0.1) is 0 Å². The summed E-state index contributed by atoms with van der Waals surface area (Å²) in [7, 11) is 0. The van der Waals surface area contributed by atoms with Crippen molar-refractivity contribution in [1.82, 2.24) is 4.98 Å². The van der Waals surface area contributed by atoms with Gasteiger partial charge in [0.1, 0.15) is 0 Å². The zero-order valence-electron chi connectivity index (χ0n) is 7.62. The van der Waals surface area contributed by atoms with Crippen molar-refractivity contribution in [2.75, 3.05) is 0 Å². The second-order valence-corrected chi connectivity index (χ2v) is 3.16. The van der Waals surface area contributed by atoms with Gasteiger partial charge in [0, 0.05) is 23.8 Å². The van der Waals surface area contributed by atoms with Crippen molar-refractivity contribution in [3.05, 3.63) is 41.7 Å². The number of benzene rings is 1. The third-order valence-corrected chi connectivity index (χ3v) is 2.27. The second-order valence-electron chi connectivity index (χ2n) is 3.16. The zero-order chi connectivity index (χ0) is 9.26. The van der Waals surface area contributed by atoms with Crippen LogP contribution in [0.2, 0.25) is 0 Å². The summed E-state index contributed by atoms with van der Waals surface area (Å²) in [5.74, 6) is 0. The van der Waals surface area contributed by atoms with Gasteiger partial charge in [-0.3, -0.25) is 4.98 Å². The summed E-state index contributed by atoms with van der Waals surface area (Å²) in [4.78, 5) is 4.24. The van der Waals surface area contributed by atoms with Gasteiger partial charge in [0.2, 0.25) is 0 Å². The van der Waals surface area contributed by atoms with E-state index in [0.29, 0.717) is 6.54 Å². The monoisotopic (exact) mass is 172 g/mol. The van der Waals surface area contributed by atoms with Gasteiger partial charge in [0.25, 0.3) is 0 Å². The van der Waals surface area contributed by atoms with Gasteiger partial charge in [0.15, 0.2) is 0 Å². The number of nitrogens with zero attached hydrogens (tertiary/aromatic N) is 1. The molecule has 0 fully saturated rings. The van der Waals surface area contributed by atoms with Crippen LogP contribution in [0.3, 0.4) is 0 Å². The molecule has 2 N–H and O–H groups in total. The molecule has 0 saturated carbocycles. The molecular formula is C11H12N2. The highest BCUT2D eigenvalue weighted by atomic mass is 14.7. The molecule has 13 heavy (non-hydrogen) atoms. The van der Waals surface area contributed by atoms with E-state index < -0.39 is 0 Å². The smallest absolute Gasteiger partial charge is 0.0451 e. The molecule has 66 valence electrons. The quantitative estimate of drug-likeness (QED) is 0.714. The number of hydrogen-bond donors (Lipinski definition) is 1. The van der Waals surface area contributed by atoms with Crippen LogP contribution in [0, 0.1) is 6.92 Å². The van der Waals surface area contributed by atoms with E-state index in [4.69, 9.17) is 5.73 Å². The van der Waals surface area contributed by atoms with Crippen LogP contribution in [0.15, 0.2) is 30.5 Å². The molecule has 1 aromatic heterocycles. The van der Waals surface area contributed by atoms with Gasteiger partial charge in [-0.2, -0.15) is 0 Å². The van der Waals surface area contributed by atoms with Crippen LogP contribution >= 0.6 is 0 Å². The maximum Gasteiger partial charge on any atom is 0.0451 e. The summed E-state index contributed by atoms with van der Waals surface area (Å²) >= 11 is 0. The van der Waals surface area contributed by atoms with E-state index in [-0.39, 0.29) is 0 Å². The summed E-state index contributed by atoms with van der Waals surface area (Å²) in [5, 5.41) is 2.43. The van der Waals surface area contributed by atoms with E-state index in [1.54, 1.807) is 0 Å². The van der Waals surface area contributed by atoms with E-state index in [0.717, 1.165) is 11.3 Å². The van der Waals surface area contributed by atoms with E-state index in [9.17, 15) is 0 Å². The molecule has 0 bridgehead atoms. The molecule has 0 aliphatic rings. The maximum atomic E-state index is 5.57. The largest absolute Gasteiger partial charge is 0.326 e. The number of pyridine rings is 1. The normalized spacial score (nSPS) is 10.6. The fraction of sp³-hybridized carbons (Fsp3) is 0.182. The Morgan fingerprint density at radius 1 is 1.31 bits per heavy atom. The molecule has 0 radical (unpaired) electrons. The van der Waals surface area contributed by atoms with E-state index in [2.05, 4.69) is 23.2 Å². The van der Waals surface area contributed by atoms with Gasteiger partial charge < -0.3 is 5.73 Å². The number of nitrogens with two attached hydrogens (primary N) is 1. The van der Waals surface area contributed by atoms with E-state index >= 15 is 0 Å². The summed E-state index contributed by atoms with van der Waals surface area (Å²) in [5.41, 5.74) is 7.79. The van der Waals surface area contributed by atoms with Crippen molar-refractivity contribution in [2.45, 2.75) is 13.5 Å². The standard InChI is InChI=1S/C11H12N2/c1-8-11-6-9(7-12)2-3-10(11)4-5-13-8/h2-6H,7,12H2,1H3. The minimum Gasteiger partial charge on any atom is -0.326 e. The van der Waals surface area contributed by atoms with Crippen molar-refractivity contribution in [2.24, 2.45) is 5.73 Å². The highest BCUT2D eigenvalue weighted by molar-refractivity contribution is 5.84. The summed E-state index contributed by atoms with van der Waals surface area (Å²) in [6, 6.07) is 8.27. The average molecular weight is 172 g/mol. The van der Waals surface area contributed by atoms with Gasteiger partial charge in [-0.15, -0.1) is 0 Å². The van der Waals surface area contributed by atoms with Gasteiger partial charge in [-0.05, 0) is 30.0 Å². The molecule has 2 aromatic rings. The Labute approximate surface area is 77.4 Å². The number of aromatic nitrogens is 1. The summed E-state index contributed by atoms with van der Waals surface area (Å²) in [6.45, 7) is 2.60. The van der Waals surface area contributed by atoms with E-state index in [1.165, 1.54) is 10.8 Å².